The summed E-state index contributed by atoms with van der Waals surface area (Å²) >= 11 is 0. The van der Waals surface area contributed by atoms with Crippen LogP contribution in [0.3, 0.4) is 0 Å². The number of morpholine rings is 1. The molecular weight excluding hydrogens is 358 g/mol. The van der Waals surface area contributed by atoms with Gasteiger partial charge in [-0.3, -0.25) is 4.79 Å². The highest BCUT2D eigenvalue weighted by atomic mass is 16.5. The summed E-state index contributed by atoms with van der Waals surface area (Å²) in [5.74, 6) is -0.0565. The molecule has 2 aromatic rings. The summed E-state index contributed by atoms with van der Waals surface area (Å²) in [7, 11) is 0. The molecule has 2 fully saturated rings. The highest BCUT2D eigenvalue weighted by molar-refractivity contribution is 5.84. The molecule has 0 radical (unpaired) electrons. The van der Waals surface area contributed by atoms with Crippen molar-refractivity contribution in [2.75, 3.05) is 19.7 Å². The first kappa shape index (κ1) is 18.5. The van der Waals surface area contributed by atoms with Crippen LogP contribution in [-0.4, -0.2) is 47.7 Å². The lowest BCUT2D eigenvalue weighted by Crippen LogP contribution is -2.49. The van der Waals surface area contributed by atoms with Crippen LogP contribution in [0.25, 0.3) is 0 Å². The van der Waals surface area contributed by atoms with Gasteiger partial charge in [-0.05, 0) is 35.6 Å². The molecule has 1 aliphatic carbocycles. The van der Waals surface area contributed by atoms with Crippen LogP contribution in [0.2, 0.25) is 0 Å². The highest BCUT2D eigenvalue weighted by Gasteiger charge is 2.46. The van der Waals surface area contributed by atoms with Gasteiger partial charge >= 0.3 is 5.97 Å². The van der Waals surface area contributed by atoms with Gasteiger partial charge in [0.25, 0.3) is 0 Å². The van der Waals surface area contributed by atoms with Gasteiger partial charge in [0.05, 0.1) is 13.2 Å². The number of carbonyl (C=O) groups is 2. The maximum Gasteiger partial charge on any atom is 0.334 e. The smallest absolute Gasteiger partial charge is 0.334 e. The van der Waals surface area contributed by atoms with E-state index in [0.29, 0.717) is 13.2 Å². The number of aliphatic carboxylic acids is 1. The Morgan fingerprint density at radius 2 is 1.86 bits per heavy atom. The first-order chi connectivity index (χ1) is 13.6. The molecule has 1 amide bonds. The minimum absolute atomic E-state index is 0.0314. The van der Waals surface area contributed by atoms with Gasteiger partial charge in [-0.25, -0.2) is 4.79 Å². The fraction of sp³-hybridized carbons (Fsp3) is 0.364. The van der Waals surface area contributed by atoms with Gasteiger partial charge in [-0.1, -0.05) is 42.5 Å². The van der Waals surface area contributed by atoms with E-state index in [2.05, 4.69) is 0 Å². The predicted octanol–water partition coefficient (Wildman–Crippen LogP) is 2.68. The molecule has 2 aromatic carbocycles. The number of rotatable bonds is 6. The van der Waals surface area contributed by atoms with E-state index < -0.39 is 12.1 Å². The summed E-state index contributed by atoms with van der Waals surface area (Å²) in [4.78, 5) is 25.4. The third-order valence-electron chi connectivity index (χ3n) is 5.32. The standard InChI is InChI=1S/C22H23NO5/c24-21(23-10-11-27-20(13-23)22(25)26)19-12-18(19)16-6-8-17(9-7-16)28-14-15-4-2-1-3-5-15/h1-9,18-20H,10-14H2,(H,25,26). The van der Waals surface area contributed by atoms with E-state index in [1.807, 2.05) is 54.6 Å². The van der Waals surface area contributed by atoms with Crippen LogP contribution in [0.5, 0.6) is 5.75 Å². The molecule has 1 heterocycles. The van der Waals surface area contributed by atoms with Gasteiger partial charge in [0.15, 0.2) is 6.10 Å². The van der Waals surface area contributed by atoms with Gasteiger partial charge in [0, 0.05) is 12.5 Å². The topological polar surface area (TPSA) is 76.1 Å². The highest BCUT2D eigenvalue weighted by Crippen LogP contribution is 2.48. The Labute approximate surface area is 163 Å². The number of carbonyl (C=O) groups excluding carboxylic acids is 1. The summed E-state index contributed by atoms with van der Waals surface area (Å²) in [5.41, 5.74) is 2.23. The molecule has 1 saturated heterocycles. The molecule has 28 heavy (non-hydrogen) atoms. The first-order valence-electron chi connectivity index (χ1n) is 9.51. The molecule has 1 N–H and O–H groups in total. The quantitative estimate of drug-likeness (QED) is 0.833. The summed E-state index contributed by atoms with van der Waals surface area (Å²) in [5, 5.41) is 9.09. The van der Waals surface area contributed by atoms with Gasteiger partial charge in [0.2, 0.25) is 5.91 Å². The van der Waals surface area contributed by atoms with Crippen molar-refractivity contribution in [3.05, 3.63) is 65.7 Å². The number of benzene rings is 2. The fourth-order valence-electron chi connectivity index (χ4n) is 3.62. The second-order valence-electron chi connectivity index (χ2n) is 7.27. The van der Waals surface area contributed by atoms with E-state index >= 15 is 0 Å². The lowest BCUT2D eigenvalue weighted by atomic mass is 10.1. The van der Waals surface area contributed by atoms with Crippen molar-refractivity contribution < 1.29 is 24.2 Å². The number of amides is 1. The summed E-state index contributed by atoms with van der Waals surface area (Å²) < 4.78 is 11.0. The molecular formula is C22H23NO5. The average Bonchev–Trinajstić information content (AvgIpc) is 3.54. The molecule has 0 bridgehead atoms. The summed E-state index contributed by atoms with van der Waals surface area (Å²) in [6, 6.07) is 17.9. The van der Waals surface area contributed by atoms with E-state index in [-0.39, 0.29) is 30.9 Å². The van der Waals surface area contributed by atoms with Crippen molar-refractivity contribution >= 4 is 11.9 Å². The first-order valence-corrected chi connectivity index (χ1v) is 9.51. The van der Waals surface area contributed by atoms with E-state index in [9.17, 15) is 9.59 Å². The minimum atomic E-state index is -1.02. The van der Waals surface area contributed by atoms with Gasteiger partial charge in [-0.2, -0.15) is 0 Å². The van der Waals surface area contributed by atoms with Crippen LogP contribution < -0.4 is 4.74 Å². The maximum atomic E-state index is 12.7. The number of nitrogens with zero attached hydrogens (tertiary/aromatic N) is 1. The van der Waals surface area contributed by atoms with Crippen molar-refractivity contribution in [3.63, 3.8) is 0 Å². The molecule has 6 nitrogen and oxygen atoms in total. The number of carboxylic acid groups (broad SMARTS) is 1. The van der Waals surface area contributed by atoms with Crippen molar-refractivity contribution in [3.8, 4) is 5.75 Å². The van der Waals surface area contributed by atoms with Gasteiger partial charge in [-0.15, -0.1) is 0 Å². The Balaban J connectivity index is 1.31. The van der Waals surface area contributed by atoms with Crippen LogP contribution in [0.1, 0.15) is 23.5 Å². The molecule has 3 unspecified atom stereocenters. The molecule has 2 aliphatic rings. The Bertz CT molecular complexity index is 836. The molecule has 3 atom stereocenters. The number of hydrogen-bond donors (Lipinski definition) is 1. The fourth-order valence-corrected chi connectivity index (χ4v) is 3.62. The van der Waals surface area contributed by atoms with Crippen molar-refractivity contribution in [1.29, 1.82) is 0 Å². The minimum Gasteiger partial charge on any atom is -0.489 e. The second-order valence-corrected chi connectivity index (χ2v) is 7.27. The molecule has 1 aliphatic heterocycles. The van der Waals surface area contributed by atoms with Crippen LogP contribution in [0, 0.1) is 5.92 Å². The maximum absolute atomic E-state index is 12.7. The molecule has 0 spiro atoms. The Morgan fingerprint density at radius 1 is 1.11 bits per heavy atom. The molecule has 146 valence electrons. The normalized spacial score (nSPS) is 23.9. The van der Waals surface area contributed by atoms with Gasteiger partial charge < -0.3 is 19.5 Å². The van der Waals surface area contributed by atoms with E-state index in [1.165, 1.54) is 0 Å². The average molecular weight is 381 g/mol. The number of ether oxygens (including phenoxy) is 2. The third kappa shape index (κ3) is 4.17. The molecule has 1 saturated carbocycles. The number of carboxylic acids is 1. The van der Waals surface area contributed by atoms with E-state index in [1.54, 1.807) is 4.90 Å². The zero-order valence-corrected chi connectivity index (χ0v) is 15.5. The zero-order valence-electron chi connectivity index (χ0n) is 15.5. The SMILES string of the molecule is O=C(O)C1CN(C(=O)C2CC2c2ccc(OCc3ccccc3)cc2)CCO1. The molecule has 4 rings (SSSR count). The van der Waals surface area contributed by atoms with E-state index in [0.717, 1.165) is 23.3 Å². The lowest BCUT2D eigenvalue weighted by Gasteiger charge is -2.31. The van der Waals surface area contributed by atoms with Crippen LogP contribution >= 0.6 is 0 Å². The lowest BCUT2D eigenvalue weighted by molar-refractivity contribution is -0.159. The Kier molecular flexibility index (Phi) is 5.30. The third-order valence-corrected chi connectivity index (χ3v) is 5.32. The van der Waals surface area contributed by atoms with Gasteiger partial charge in [0.1, 0.15) is 12.4 Å². The van der Waals surface area contributed by atoms with Crippen molar-refractivity contribution in [2.45, 2.75) is 25.0 Å². The van der Waals surface area contributed by atoms with Crippen LogP contribution in [0.15, 0.2) is 54.6 Å². The van der Waals surface area contributed by atoms with Crippen molar-refractivity contribution in [1.82, 2.24) is 4.90 Å². The second kappa shape index (κ2) is 8.02. The van der Waals surface area contributed by atoms with Crippen LogP contribution in [-0.2, 0) is 20.9 Å². The number of hydrogen-bond acceptors (Lipinski definition) is 4. The largest absolute Gasteiger partial charge is 0.489 e. The summed E-state index contributed by atoms with van der Waals surface area (Å²) in [6.45, 7) is 1.38. The van der Waals surface area contributed by atoms with Crippen LogP contribution in [0.4, 0.5) is 0 Å². The zero-order chi connectivity index (χ0) is 19.5. The molecule has 0 aromatic heterocycles. The van der Waals surface area contributed by atoms with E-state index in [4.69, 9.17) is 14.6 Å². The monoisotopic (exact) mass is 381 g/mol. The Hall–Kier alpha value is -2.86. The Morgan fingerprint density at radius 3 is 2.57 bits per heavy atom. The molecule has 6 heteroatoms. The predicted molar refractivity (Wildman–Crippen MR) is 102 cm³/mol. The summed E-state index contributed by atoms with van der Waals surface area (Å²) in [6.07, 6.45) is -0.117. The van der Waals surface area contributed by atoms with Crippen molar-refractivity contribution in [2.24, 2.45) is 5.92 Å².